The number of aromatic carboxylic acids is 1. The number of carboxylic acids is 1. The number of nitrogens with zero attached hydrogens (tertiary/aromatic N) is 2. The highest BCUT2D eigenvalue weighted by atomic mass is 16.4. The van der Waals surface area contributed by atoms with Crippen LogP contribution in [-0.4, -0.2) is 44.9 Å². The second-order valence-electron chi connectivity index (χ2n) is 4.72. The summed E-state index contributed by atoms with van der Waals surface area (Å²) < 4.78 is 0. The van der Waals surface area contributed by atoms with Crippen molar-refractivity contribution in [3.8, 4) is 0 Å². The second-order valence-corrected chi connectivity index (χ2v) is 4.72. The minimum atomic E-state index is -1.10. The summed E-state index contributed by atoms with van der Waals surface area (Å²) in [7, 11) is 0. The van der Waals surface area contributed by atoms with Crippen molar-refractivity contribution in [3.63, 3.8) is 0 Å². The van der Waals surface area contributed by atoms with Gasteiger partial charge in [0, 0.05) is 18.5 Å². The van der Waals surface area contributed by atoms with Crippen molar-refractivity contribution in [1.29, 1.82) is 0 Å². The van der Waals surface area contributed by atoms with Gasteiger partial charge in [0.15, 0.2) is 0 Å². The number of aromatic nitrogens is 3. The average Bonchev–Trinajstić information content (AvgIpc) is 2.57. The minimum absolute atomic E-state index is 0.0296. The number of hydrogen-bond acceptors (Lipinski definition) is 7. The van der Waals surface area contributed by atoms with E-state index in [0.717, 1.165) is 0 Å². The van der Waals surface area contributed by atoms with E-state index in [9.17, 15) is 19.2 Å². The van der Waals surface area contributed by atoms with E-state index in [0.29, 0.717) is 5.56 Å². The van der Waals surface area contributed by atoms with E-state index >= 15 is 0 Å². The maximum atomic E-state index is 11.6. The Kier molecular flexibility index (Phi) is 5.77. The molecule has 1 amide bonds. The summed E-state index contributed by atoms with van der Waals surface area (Å²) in [6.07, 6.45) is 1.20. The Morgan fingerprint density at radius 2 is 2.04 bits per heavy atom. The lowest BCUT2D eigenvalue weighted by atomic mass is 10.1. The van der Waals surface area contributed by atoms with Crippen LogP contribution < -0.4 is 22.0 Å². The summed E-state index contributed by atoms with van der Waals surface area (Å²) >= 11 is 0. The van der Waals surface area contributed by atoms with Crippen LogP contribution in [0.1, 0.15) is 22.3 Å². The van der Waals surface area contributed by atoms with Crippen LogP contribution in [-0.2, 0) is 4.79 Å². The fourth-order valence-corrected chi connectivity index (χ4v) is 1.80. The molecule has 0 spiro atoms. The normalized spacial score (nSPS) is 10.6. The van der Waals surface area contributed by atoms with Crippen LogP contribution in [0.3, 0.4) is 0 Å². The summed E-state index contributed by atoms with van der Waals surface area (Å²) in [6, 6.07) is 6.20. The number of benzene rings is 1. The van der Waals surface area contributed by atoms with Gasteiger partial charge in [-0.1, -0.05) is 18.2 Å². The Morgan fingerprint density at radius 1 is 1.28 bits per heavy atom. The first-order valence-electron chi connectivity index (χ1n) is 7.04. The van der Waals surface area contributed by atoms with Gasteiger partial charge in [0.1, 0.15) is 0 Å². The van der Waals surface area contributed by atoms with Crippen LogP contribution in [0.25, 0.3) is 0 Å². The minimum Gasteiger partial charge on any atom is -0.478 e. The molecule has 0 fully saturated rings. The van der Waals surface area contributed by atoms with Gasteiger partial charge >= 0.3 is 11.7 Å². The number of hydrogen-bond donors (Lipinski definition) is 5. The first kappa shape index (κ1) is 17.6. The number of amides is 1. The number of rotatable bonds is 7. The number of hydrazone groups is 1. The molecular weight excluding hydrogens is 332 g/mol. The first-order chi connectivity index (χ1) is 12.0. The number of anilines is 1. The van der Waals surface area contributed by atoms with Crippen molar-refractivity contribution in [3.05, 3.63) is 56.2 Å². The van der Waals surface area contributed by atoms with E-state index in [-0.39, 0.29) is 24.3 Å². The molecule has 11 heteroatoms. The Balaban J connectivity index is 1.84. The second kappa shape index (κ2) is 8.19. The molecular formula is C14H14N6O5. The molecule has 0 aliphatic rings. The molecule has 0 bridgehead atoms. The van der Waals surface area contributed by atoms with E-state index in [1.807, 2.05) is 4.98 Å². The monoisotopic (exact) mass is 346 g/mol. The molecule has 11 nitrogen and oxygen atoms in total. The zero-order valence-electron chi connectivity index (χ0n) is 12.8. The lowest BCUT2D eigenvalue weighted by Gasteiger charge is -2.03. The third-order valence-electron chi connectivity index (χ3n) is 2.94. The number of nitrogens with one attached hydrogen (secondary N) is 4. The van der Waals surface area contributed by atoms with Crippen molar-refractivity contribution >= 4 is 23.9 Å². The third kappa shape index (κ3) is 5.13. The van der Waals surface area contributed by atoms with Crippen LogP contribution in [0.15, 0.2) is 39.0 Å². The molecule has 2 aromatic rings. The Morgan fingerprint density at radius 3 is 2.76 bits per heavy atom. The van der Waals surface area contributed by atoms with Crippen LogP contribution in [0, 0.1) is 0 Å². The fourth-order valence-electron chi connectivity index (χ4n) is 1.80. The molecule has 5 N–H and O–H groups in total. The molecule has 1 aromatic carbocycles. The molecule has 25 heavy (non-hydrogen) atoms. The lowest BCUT2D eigenvalue weighted by Crippen LogP contribution is -2.28. The molecule has 0 aliphatic heterocycles. The van der Waals surface area contributed by atoms with E-state index in [1.54, 1.807) is 18.2 Å². The molecule has 0 aliphatic carbocycles. The number of carbonyl (C=O) groups is 2. The Bertz CT molecular complexity index is 916. The SMILES string of the molecule is O=C(CCNc1n[nH]c(=O)[nH]c1=O)N/N=C/c1ccccc1C(=O)O. The predicted octanol–water partition coefficient (Wildman–Crippen LogP) is -0.891. The summed E-state index contributed by atoms with van der Waals surface area (Å²) in [6.45, 7) is 0.0786. The molecule has 0 atom stereocenters. The Hall–Kier alpha value is -3.76. The van der Waals surface area contributed by atoms with Crippen LogP contribution >= 0.6 is 0 Å². The molecule has 130 valence electrons. The Labute approximate surface area is 139 Å². The summed E-state index contributed by atoms with van der Waals surface area (Å²) in [4.78, 5) is 46.8. The molecule has 0 unspecified atom stereocenters. The van der Waals surface area contributed by atoms with Crippen molar-refractivity contribution < 1.29 is 14.7 Å². The van der Waals surface area contributed by atoms with Gasteiger partial charge in [-0.15, -0.1) is 5.10 Å². The molecule has 0 saturated carbocycles. The van der Waals surface area contributed by atoms with Crippen molar-refractivity contribution in [1.82, 2.24) is 20.6 Å². The van der Waals surface area contributed by atoms with Crippen molar-refractivity contribution in [2.24, 2.45) is 5.10 Å². The molecule has 0 radical (unpaired) electrons. The molecule has 2 rings (SSSR count). The summed E-state index contributed by atoms with van der Waals surface area (Å²) in [5, 5.41) is 20.8. The first-order valence-corrected chi connectivity index (χ1v) is 7.04. The van der Waals surface area contributed by atoms with Crippen LogP contribution in [0.4, 0.5) is 5.82 Å². The smallest absolute Gasteiger partial charge is 0.342 e. The lowest BCUT2D eigenvalue weighted by molar-refractivity contribution is -0.120. The summed E-state index contributed by atoms with van der Waals surface area (Å²) in [5.74, 6) is -1.68. The highest BCUT2D eigenvalue weighted by molar-refractivity contribution is 5.98. The van der Waals surface area contributed by atoms with Gasteiger partial charge in [-0.05, 0) is 6.07 Å². The van der Waals surface area contributed by atoms with Gasteiger partial charge in [-0.3, -0.25) is 14.6 Å². The zero-order valence-corrected chi connectivity index (χ0v) is 12.8. The molecule has 1 aromatic heterocycles. The highest BCUT2D eigenvalue weighted by Crippen LogP contribution is 2.05. The largest absolute Gasteiger partial charge is 0.478 e. The quantitative estimate of drug-likeness (QED) is 0.320. The van der Waals surface area contributed by atoms with Crippen LogP contribution in [0.2, 0.25) is 0 Å². The number of aromatic amines is 2. The highest BCUT2D eigenvalue weighted by Gasteiger charge is 2.07. The molecule has 1 heterocycles. The standard InChI is InChI=1S/C14H14N6O5/c21-10(5-6-15-11-12(22)17-14(25)20-19-11)18-16-7-8-3-1-2-4-9(8)13(23)24/h1-4,7H,5-6H2,(H,15,19)(H,18,21)(H,23,24)(H2,17,20,22,25)/b16-7+. The van der Waals surface area contributed by atoms with Gasteiger partial charge in [0.25, 0.3) is 5.56 Å². The van der Waals surface area contributed by atoms with Gasteiger partial charge in [-0.25, -0.2) is 20.1 Å². The predicted molar refractivity (Wildman–Crippen MR) is 87.7 cm³/mol. The van der Waals surface area contributed by atoms with E-state index in [2.05, 4.69) is 26.0 Å². The van der Waals surface area contributed by atoms with Gasteiger partial charge in [-0.2, -0.15) is 5.10 Å². The van der Waals surface area contributed by atoms with E-state index < -0.39 is 23.1 Å². The van der Waals surface area contributed by atoms with Gasteiger partial charge in [0.05, 0.1) is 11.8 Å². The average molecular weight is 346 g/mol. The summed E-state index contributed by atoms with van der Waals surface area (Å²) in [5.41, 5.74) is 1.21. The number of carbonyl (C=O) groups excluding carboxylic acids is 1. The number of H-pyrrole nitrogens is 2. The topological polar surface area (TPSA) is 169 Å². The maximum Gasteiger partial charge on any atom is 0.342 e. The maximum absolute atomic E-state index is 11.6. The molecule has 0 saturated heterocycles. The van der Waals surface area contributed by atoms with Crippen molar-refractivity contribution in [2.75, 3.05) is 11.9 Å². The van der Waals surface area contributed by atoms with Crippen LogP contribution in [0.5, 0.6) is 0 Å². The van der Waals surface area contributed by atoms with Gasteiger partial charge in [0.2, 0.25) is 11.7 Å². The number of carboxylic acid groups (broad SMARTS) is 1. The van der Waals surface area contributed by atoms with E-state index in [1.165, 1.54) is 12.3 Å². The van der Waals surface area contributed by atoms with E-state index in [4.69, 9.17) is 5.11 Å². The zero-order chi connectivity index (χ0) is 18.2. The fraction of sp³-hybridized carbons (Fsp3) is 0.143. The van der Waals surface area contributed by atoms with Crippen molar-refractivity contribution in [2.45, 2.75) is 6.42 Å². The van der Waals surface area contributed by atoms with Gasteiger partial charge < -0.3 is 10.4 Å². The third-order valence-corrected chi connectivity index (χ3v) is 2.94.